The Morgan fingerprint density at radius 3 is 2.72 bits per heavy atom. The van der Waals surface area contributed by atoms with Crippen molar-refractivity contribution in [2.24, 2.45) is 12.8 Å². The number of thiazole rings is 1. The average molecular weight is 352 g/mol. The van der Waals surface area contributed by atoms with Crippen molar-refractivity contribution < 1.29 is 0 Å². The van der Waals surface area contributed by atoms with Gasteiger partial charge in [0.1, 0.15) is 26.4 Å². The fourth-order valence-electron chi connectivity index (χ4n) is 2.93. The highest BCUT2D eigenvalue weighted by Crippen LogP contribution is 2.35. The molecule has 0 fully saturated rings. The molecule has 1 aromatic carbocycles. The summed E-state index contributed by atoms with van der Waals surface area (Å²) in [6.45, 7) is 4.01. The molecule has 3 aromatic heterocycles. The molecule has 3 heterocycles. The summed E-state index contributed by atoms with van der Waals surface area (Å²) in [5.41, 5.74) is 10.7. The van der Waals surface area contributed by atoms with Crippen LogP contribution < -0.4 is 11.1 Å². The average Bonchev–Trinajstić information content (AvgIpc) is 3.17. The van der Waals surface area contributed by atoms with Crippen LogP contribution >= 0.6 is 11.3 Å². The Morgan fingerprint density at radius 1 is 1.20 bits per heavy atom. The Labute approximate surface area is 149 Å². The van der Waals surface area contributed by atoms with Gasteiger partial charge >= 0.3 is 0 Å². The first-order chi connectivity index (χ1) is 11.9. The SMILES string of the molecule is CNc1nc2sc(-c3cccc(C(C)(C)N)c3)nc2c2c1ncn2C. The second kappa shape index (κ2) is 5.50. The van der Waals surface area contributed by atoms with Crippen molar-refractivity contribution in [3.8, 4) is 10.6 Å². The summed E-state index contributed by atoms with van der Waals surface area (Å²) >= 11 is 1.58. The van der Waals surface area contributed by atoms with Gasteiger partial charge in [0.25, 0.3) is 0 Å². The van der Waals surface area contributed by atoms with Gasteiger partial charge in [0, 0.05) is 25.2 Å². The minimum absolute atomic E-state index is 0.389. The molecule has 4 rings (SSSR count). The summed E-state index contributed by atoms with van der Waals surface area (Å²) in [5.74, 6) is 0.773. The van der Waals surface area contributed by atoms with Crippen molar-refractivity contribution in [1.29, 1.82) is 0 Å². The van der Waals surface area contributed by atoms with Gasteiger partial charge in [-0.2, -0.15) is 0 Å². The van der Waals surface area contributed by atoms with Crippen molar-refractivity contribution >= 4 is 38.5 Å². The molecule has 0 amide bonds. The second-order valence-corrected chi connectivity index (χ2v) is 7.72. The quantitative estimate of drug-likeness (QED) is 0.590. The molecule has 7 heteroatoms. The number of hydrogen-bond acceptors (Lipinski definition) is 6. The molecule has 3 N–H and O–H groups in total. The molecule has 4 aromatic rings. The third-order valence-electron chi connectivity index (χ3n) is 4.30. The summed E-state index contributed by atoms with van der Waals surface area (Å²) in [6.07, 6.45) is 1.79. The van der Waals surface area contributed by atoms with E-state index in [1.165, 1.54) is 0 Å². The second-order valence-electron chi connectivity index (χ2n) is 6.74. The van der Waals surface area contributed by atoms with Crippen LogP contribution in [0.3, 0.4) is 0 Å². The highest BCUT2D eigenvalue weighted by atomic mass is 32.1. The number of pyridine rings is 1. The molecule has 0 aliphatic carbocycles. The van der Waals surface area contributed by atoms with Gasteiger partial charge in [0.15, 0.2) is 5.82 Å². The number of aryl methyl sites for hydroxylation is 1. The number of anilines is 1. The lowest BCUT2D eigenvalue weighted by molar-refractivity contribution is 0.554. The van der Waals surface area contributed by atoms with E-state index < -0.39 is 0 Å². The van der Waals surface area contributed by atoms with E-state index in [4.69, 9.17) is 15.7 Å². The van der Waals surface area contributed by atoms with Crippen molar-refractivity contribution in [1.82, 2.24) is 19.5 Å². The maximum absolute atomic E-state index is 6.25. The zero-order valence-electron chi connectivity index (χ0n) is 14.7. The largest absolute Gasteiger partial charge is 0.371 e. The van der Waals surface area contributed by atoms with Gasteiger partial charge < -0.3 is 15.6 Å². The minimum Gasteiger partial charge on any atom is -0.371 e. The number of nitrogens with zero attached hydrogens (tertiary/aromatic N) is 4. The fraction of sp³-hybridized carbons (Fsp3) is 0.278. The normalized spacial score (nSPS) is 12.2. The van der Waals surface area contributed by atoms with Gasteiger partial charge in [-0.25, -0.2) is 15.0 Å². The van der Waals surface area contributed by atoms with Crippen molar-refractivity contribution in [3.05, 3.63) is 36.2 Å². The number of fused-ring (bicyclic) bond motifs is 3. The Balaban J connectivity index is 1.96. The molecule has 0 saturated heterocycles. The highest BCUT2D eigenvalue weighted by molar-refractivity contribution is 7.21. The molecule has 0 bridgehead atoms. The van der Waals surface area contributed by atoms with E-state index >= 15 is 0 Å². The van der Waals surface area contributed by atoms with Crippen LogP contribution in [0.5, 0.6) is 0 Å². The summed E-state index contributed by atoms with van der Waals surface area (Å²) in [4.78, 5) is 14.9. The first kappa shape index (κ1) is 16.0. The van der Waals surface area contributed by atoms with Crippen LogP contribution in [-0.4, -0.2) is 26.6 Å². The minimum atomic E-state index is -0.389. The van der Waals surface area contributed by atoms with Crippen LogP contribution in [0.15, 0.2) is 30.6 Å². The topological polar surface area (TPSA) is 81.7 Å². The van der Waals surface area contributed by atoms with Crippen LogP contribution in [0.25, 0.3) is 32.0 Å². The molecule has 0 spiro atoms. The van der Waals surface area contributed by atoms with E-state index in [1.54, 1.807) is 17.7 Å². The van der Waals surface area contributed by atoms with E-state index in [-0.39, 0.29) is 5.54 Å². The zero-order valence-corrected chi connectivity index (χ0v) is 15.5. The zero-order chi connectivity index (χ0) is 17.8. The number of nitrogens with one attached hydrogen (secondary N) is 1. The highest BCUT2D eigenvalue weighted by Gasteiger charge is 2.19. The Morgan fingerprint density at radius 2 is 2.00 bits per heavy atom. The summed E-state index contributed by atoms with van der Waals surface area (Å²) < 4.78 is 1.99. The third-order valence-corrected chi connectivity index (χ3v) is 5.30. The van der Waals surface area contributed by atoms with Crippen LogP contribution in [0, 0.1) is 0 Å². The molecule has 128 valence electrons. The number of benzene rings is 1. The number of rotatable bonds is 3. The third kappa shape index (κ3) is 2.56. The lowest BCUT2D eigenvalue weighted by Gasteiger charge is -2.19. The summed E-state index contributed by atoms with van der Waals surface area (Å²) in [7, 11) is 3.84. The van der Waals surface area contributed by atoms with E-state index in [1.807, 2.05) is 44.6 Å². The van der Waals surface area contributed by atoms with Gasteiger partial charge in [0.05, 0.1) is 6.33 Å². The Bertz CT molecular complexity index is 1090. The van der Waals surface area contributed by atoms with Crippen molar-refractivity contribution in [2.45, 2.75) is 19.4 Å². The van der Waals surface area contributed by atoms with E-state index in [2.05, 4.69) is 22.4 Å². The molecule has 25 heavy (non-hydrogen) atoms. The van der Waals surface area contributed by atoms with E-state index in [9.17, 15) is 0 Å². The molecule has 6 nitrogen and oxygen atoms in total. The predicted octanol–water partition coefficient (Wildman–Crippen LogP) is 3.48. The Kier molecular flexibility index (Phi) is 3.52. The summed E-state index contributed by atoms with van der Waals surface area (Å²) in [5, 5.41) is 4.06. The van der Waals surface area contributed by atoms with Gasteiger partial charge in [-0.15, -0.1) is 0 Å². The monoisotopic (exact) mass is 352 g/mol. The number of aromatic nitrogens is 4. The predicted molar refractivity (Wildman–Crippen MR) is 104 cm³/mol. The van der Waals surface area contributed by atoms with Gasteiger partial charge in [-0.3, -0.25) is 0 Å². The maximum atomic E-state index is 6.25. The van der Waals surface area contributed by atoms with Crippen molar-refractivity contribution in [2.75, 3.05) is 12.4 Å². The first-order valence-electron chi connectivity index (χ1n) is 8.07. The molecule has 0 atom stereocenters. The van der Waals surface area contributed by atoms with Crippen LogP contribution in [0.1, 0.15) is 19.4 Å². The standard InChI is InChI=1S/C18H20N6S/c1-18(2,19)11-7-5-6-10(8-11)16-22-13-14-12(21-9-24(14)4)15(20-3)23-17(13)25-16/h5-9H,19H2,1-4H3,(H,20,23). The van der Waals surface area contributed by atoms with Gasteiger partial charge in [0.2, 0.25) is 0 Å². The fourth-order valence-corrected chi connectivity index (χ4v) is 3.87. The number of nitrogens with two attached hydrogens (primary N) is 1. The van der Waals surface area contributed by atoms with Gasteiger partial charge in [-0.05, 0) is 25.5 Å². The first-order valence-corrected chi connectivity index (χ1v) is 8.89. The Hall–Kier alpha value is -2.51. The number of hydrogen-bond donors (Lipinski definition) is 2. The molecule has 0 aliphatic heterocycles. The molecule has 0 unspecified atom stereocenters. The summed E-state index contributed by atoms with van der Waals surface area (Å²) in [6, 6.07) is 8.24. The van der Waals surface area contributed by atoms with Crippen LogP contribution in [-0.2, 0) is 12.6 Å². The van der Waals surface area contributed by atoms with Crippen LogP contribution in [0.4, 0.5) is 5.82 Å². The smallest absolute Gasteiger partial charge is 0.155 e. The molecule has 0 radical (unpaired) electrons. The van der Waals surface area contributed by atoms with Crippen molar-refractivity contribution in [3.63, 3.8) is 0 Å². The molecule has 0 aliphatic rings. The lowest BCUT2D eigenvalue weighted by Crippen LogP contribution is -2.28. The van der Waals surface area contributed by atoms with Crippen LogP contribution in [0.2, 0.25) is 0 Å². The maximum Gasteiger partial charge on any atom is 0.155 e. The molecular formula is C18H20N6S. The number of imidazole rings is 1. The molecular weight excluding hydrogens is 332 g/mol. The van der Waals surface area contributed by atoms with E-state index in [0.717, 1.165) is 43.3 Å². The lowest BCUT2D eigenvalue weighted by atomic mass is 9.94. The van der Waals surface area contributed by atoms with E-state index in [0.29, 0.717) is 0 Å². The van der Waals surface area contributed by atoms with Gasteiger partial charge in [-0.1, -0.05) is 29.5 Å². The molecule has 0 saturated carbocycles.